The maximum atomic E-state index is 12.8. The van der Waals surface area contributed by atoms with Crippen LogP contribution in [0.25, 0.3) is 0 Å². The van der Waals surface area contributed by atoms with Crippen LogP contribution in [0.4, 0.5) is 5.69 Å². The Morgan fingerprint density at radius 3 is 2.23 bits per heavy atom. The van der Waals surface area contributed by atoms with E-state index in [9.17, 15) is 13.2 Å². The molecule has 0 saturated heterocycles. The molecule has 0 bridgehead atoms. The van der Waals surface area contributed by atoms with Crippen LogP contribution in [0.15, 0.2) is 65.6 Å². The van der Waals surface area contributed by atoms with Gasteiger partial charge in [0, 0.05) is 5.56 Å². The highest BCUT2D eigenvalue weighted by molar-refractivity contribution is 7.92. The van der Waals surface area contributed by atoms with Gasteiger partial charge in [-0.05, 0) is 75.7 Å². The predicted molar refractivity (Wildman–Crippen MR) is 138 cm³/mol. The minimum atomic E-state index is -3.81. The van der Waals surface area contributed by atoms with Crippen molar-refractivity contribution < 1.29 is 22.7 Å². The minimum Gasteiger partial charge on any atom is -0.490 e. The molecule has 0 unspecified atom stereocenters. The van der Waals surface area contributed by atoms with E-state index in [2.05, 4.69) is 10.0 Å². The molecular formula is C26H29ClN2O5S. The summed E-state index contributed by atoms with van der Waals surface area (Å²) in [5.74, 6) is 0.910. The molecule has 3 aromatic rings. The highest BCUT2D eigenvalue weighted by Crippen LogP contribution is 2.31. The number of halogens is 1. The zero-order valence-corrected chi connectivity index (χ0v) is 21.7. The second-order valence-corrected chi connectivity index (χ2v) is 9.97. The number of hydrogen-bond donors (Lipinski definition) is 2. The van der Waals surface area contributed by atoms with Gasteiger partial charge in [-0.25, -0.2) is 8.42 Å². The number of amides is 1. The number of aryl methyl sites for hydroxylation is 1. The monoisotopic (exact) mass is 516 g/mol. The van der Waals surface area contributed by atoms with E-state index in [1.54, 1.807) is 12.1 Å². The summed E-state index contributed by atoms with van der Waals surface area (Å²) in [6, 6.07) is 16.1. The smallest absolute Gasteiger partial charge is 0.261 e. The van der Waals surface area contributed by atoms with Crippen LogP contribution in [0.2, 0.25) is 5.02 Å². The number of anilines is 1. The number of ether oxygens (including phenoxy) is 2. The first-order valence-corrected chi connectivity index (χ1v) is 13.1. The van der Waals surface area contributed by atoms with Crippen molar-refractivity contribution in [2.75, 3.05) is 17.9 Å². The molecule has 0 heterocycles. The van der Waals surface area contributed by atoms with Crippen molar-refractivity contribution in [2.45, 2.75) is 38.6 Å². The molecule has 1 atom stereocenters. The molecule has 35 heavy (non-hydrogen) atoms. The molecule has 0 aliphatic heterocycles. The summed E-state index contributed by atoms with van der Waals surface area (Å²) in [4.78, 5) is 13.0. The first-order valence-electron chi connectivity index (χ1n) is 11.2. The van der Waals surface area contributed by atoms with Crippen LogP contribution in [-0.4, -0.2) is 27.5 Å². The Labute approximate surface area is 211 Å². The number of sulfonamides is 1. The average molecular weight is 517 g/mol. The van der Waals surface area contributed by atoms with E-state index in [4.69, 9.17) is 21.1 Å². The third-order valence-corrected chi connectivity index (χ3v) is 6.92. The number of carbonyl (C=O) groups is 1. The molecule has 0 aliphatic rings. The molecule has 0 spiro atoms. The molecule has 2 N–H and O–H groups in total. The van der Waals surface area contributed by atoms with Gasteiger partial charge in [0.05, 0.1) is 34.9 Å². The van der Waals surface area contributed by atoms with E-state index in [1.165, 1.54) is 30.3 Å². The van der Waals surface area contributed by atoms with Gasteiger partial charge in [-0.2, -0.15) is 0 Å². The molecule has 0 aromatic heterocycles. The van der Waals surface area contributed by atoms with Crippen molar-refractivity contribution in [2.24, 2.45) is 0 Å². The van der Waals surface area contributed by atoms with Crippen molar-refractivity contribution in [1.29, 1.82) is 0 Å². The molecular weight excluding hydrogens is 488 g/mol. The summed E-state index contributed by atoms with van der Waals surface area (Å²) in [7, 11) is -3.81. The third-order valence-electron chi connectivity index (χ3n) is 5.22. The number of hydrogen-bond acceptors (Lipinski definition) is 5. The summed E-state index contributed by atoms with van der Waals surface area (Å²) in [5, 5.41) is 3.04. The fourth-order valence-electron chi connectivity index (χ4n) is 3.36. The zero-order valence-electron chi connectivity index (χ0n) is 20.1. The van der Waals surface area contributed by atoms with Crippen LogP contribution in [0.5, 0.6) is 11.5 Å². The molecule has 3 aromatic carbocycles. The zero-order chi connectivity index (χ0) is 25.6. The maximum absolute atomic E-state index is 12.8. The van der Waals surface area contributed by atoms with Gasteiger partial charge in [0.2, 0.25) is 0 Å². The summed E-state index contributed by atoms with van der Waals surface area (Å²) < 4.78 is 39.0. The third kappa shape index (κ3) is 6.68. The van der Waals surface area contributed by atoms with Gasteiger partial charge in [-0.1, -0.05) is 35.4 Å². The summed E-state index contributed by atoms with van der Waals surface area (Å²) >= 11 is 6.31. The van der Waals surface area contributed by atoms with Gasteiger partial charge in [0.1, 0.15) is 0 Å². The highest BCUT2D eigenvalue weighted by Gasteiger charge is 2.18. The van der Waals surface area contributed by atoms with Gasteiger partial charge in [0.25, 0.3) is 15.9 Å². The maximum Gasteiger partial charge on any atom is 0.261 e. The van der Waals surface area contributed by atoms with Crippen LogP contribution in [0, 0.1) is 6.92 Å². The van der Waals surface area contributed by atoms with Gasteiger partial charge in [-0.15, -0.1) is 0 Å². The van der Waals surface area contributed by atoms with Gasteiger partial charge in [-0.3, -0.25) is 9.52 Å². The van der Waals surface area contributed by atoms with E-state index >= 15 is 0 Å². The Morgan fingerprint density at radius 2 is 1.60 bits per heavy atom. The van der Waals surface area contributed by atoms with Gasteiger partial charge >= 0.3 is 0 Å². The molecule has 186 valence electrons. The van der Waals surface area contributed by atoms with Crippen LogP contribution in [0.1, 0.15) is 48.3 Å². The van der Waals surface area contributed by atoms with Crippen molar-refractivity contribution in [3.05, 3.63) is 82.4 Å². The standard InChI is InChI=1S/C26H29ClN2O5S/c1-5-33-24-14-10-19(16-25(24)34-6-2)18(4)28-26(30)20-9-13-23(22(27)15-20)29-35(31,32)21-11-7-17(3)8-12-21/h7-16,18,29H,5-6H2,1-4H3,(H,28,30)/t18-/m1/s1. The first-order chi connectivity index (χ1) is 16.6. The Hall–Kier alpha value is -3.23. The Kier molecular flexibility index (Phi) is 8.64. The second-order valence-electron chi connectivity index (χ2n) is 7.88. The summed E-state index contributed by atoms with van der Waals surface area (Å²) in [6.07, 6.45) is 0. The first kappa shape index (κ1) is 26.4. The van der Waals surface area contributed by atoms with Gasteiger partial charge in [0.15, 0.2) is 11.5 Å². The lowest BCUT2D eigenvalue weighted by molar-refractivity contribution is 0.0940. The number of rotatable bonds is 10. The van der Waals surface area contributed by atoms with Gasteiger partial charge < -0.3 is 14.8 Å². The van der Waals surface area contributed by atoms with Crippen LogP contribution >= 0.6 is 11.6 Å². The predicted octanol–water partition coefficient (Wildman–Crippen LogP) is 5.74. The molecule has 9 heteroatoms. The van der Waals surface area contributed by atoms with E-state index in [1.807, 2.05) is 45.9 Å². The molecule has 0 saturated carbocycles. The summed E-state index contributed by atoms with van der Waals surface area (Å²) in [6.45, 7) is 8.53. The fraction of sp³-hybridized carbons (Fsp3) is 0.269. The molecule has 7 nitrogen and oxygen atoms in total. The Balaban J connectivity index is 1.73. The SMILES string of the molecule is CCOc1ccc([C@@H](C)NC(=O)c2ccc(NS(=O)(=O)c3ccc(C)cc3)c(Cl)c2)cc1OCC. The summed E-state index contributed by atoms with van der Waals surface area (Å²) in [5.41, 5.74) is 2.28. The van der Waals surface area contributed by atoms with E-state index < -0.39 is 10.0 Å². The van der Waals surface area contributed by atoms with Crippen molar-refractivity contribution >= 4 is 33.2 Å². The largest absolute Gasteiger partial charge is 0.490 e. The topological polar surface area (TPSA) is 93.7 Å². The van der Waals surface area contributed by atoms with E-state index in [-0.39, 0.29) is 27.6 Å². The molecule has 3 rings (SSSR count). The molecule has 1 amide bonds. The van der Waals surface area contributed by atoms with Crippen molar-refractivity contribution in [3.8, 4) is 11.5 Å². The number of carbonyl (C=O) groups excluding carboxylic acids is 1. The van der Waals surface area contributed by atoms with E-state index in [0.29, 0.717) is 30.3 Å². The van der Waals surface area contributed by atoms with E-state index in [0.717, 1.165) is 11.1 Å². The lowest BCUT2D eigenvalue weighted by Gasteiger charge is -2.18. The highest BCUT2D eigenvalue weighted by atomic mass is 35.5. The average Bonchev–Trinajstić information content (AvgIpc) is 2.82. The number of benzene rings is 3. The van der Waals surface area contributed by atoms with Crippen molar-refractivity contribution in [3.63, 3.8) is 0 Å². The van der Waals surface area contributed by atoms with Crippen molar-refractivity contribution in [1.82, 2.24) is 5.32 Å². The lowest BCUT2D eigenvalue weighted by Crippen LogP contribution is -2.26. The van der Waals surface area contributed by atoms with Crippen LogP contribution in [0.3, 0.4) is 0 Å². The fourth-order valence-corrected chi connectivity index (χ4v) is 4.72. The Bertz CT molecular complexity index is 1290. The normalized spacial score (nSPS) is 12.0. The molecule has 0 fully saturated rings. The van der Waals surface area contributed by atoms with Crippen LogP contribution in [-0.2, 0) is 10.0 Å². The molecule has 0 aliphatic carbocycles. The second kappa shape index (κ2) is 11.5. The Morgan fingerprint density at radius 1 is 0.943 bits per heavy atom. The molecule has 0 radical (unpaired) electrons. The quantitative estimate of drug-likeness (QED) is 0.358. The lowest BCUT2D eigenvalue weighted by atomic mass is 10.1. The minimum absolute atomic E-state index is 0.112. The van der Waals surface area contributed by atoms with Crippen LogP contribution < -0.4 is 19.5 Å². The number of nitrogens with one attached hydrogen (secondary N) is 2.